The second-order valence-corrected chi connectivity index (χ2v) is 2.76. The lowest BCUT2D eigenvalue weighted by atomic mass is 10.2. The first-order valence-electron chi connectivity index (χ1n) is 4.40. The summed E-state index contributed by atoms with van der Waals surface area (Å²) in [6, 6.07) is 0. The van der Waals surface area contributed by atoms with Gasteiger partial charge in [0.2, 0.25) is 0 Å². The minimum atomic E-state index is 0.264. The van der Waals surface area contributed by atoms with Crippen LogP contribution in [0.1, 0.15) is 13.3 Å². The van der Waals surface area contributed by atoms with Gasteiger partial charge in [-0.2, -0.15) is 0 Å². The molecule has 1 fully saturated rings. The summed E-state index contributed by atoms with van der Waals surface area (Å²) in [7, 11) is 0. The van der Waals surface area contributed by atoms with Crippen LogP contribution in [-0.4, -0.2) is 25.9 Å². The maximum Gasteiger partial charge on any atom is 0.0844 e. The Bertz CT molecular complexity index is 155. The summed E-state index contributed by atoms with van der Waals surface area (Å²) in [5.74, 6) is 0. The molecule has 0 N–H and O–H groups in total. The highest BCUT2D eigenvalue weighted by Gasteiger charge is 2.11. The first kappa shape index (κ1) is 9.49. The van der Waals surface area contributed by atoms with Crippen LogP contribution in [0.15, 0.2) is 24.3 Å². The summed E-state index contributed by atoms with van der Waals surface area (Å²) in [6.07, 6.45) is 9.39. The maximum atomic E-state index is 5.46. The van der Waals surface area contributed by atoms with E-state index in [2.05, 4.69) is 6.08 Å². The molecule has 1 heterocycles. The predicted molar refractivity (Wildman–Crippen MR) is 49.1 cm³/mol. The number of ether oxygens (including phenoxy) is 2. The van der Waals surface area contributed by atoms with E-state index in [4.69, 9.17) is 9.47 Å². The van der Waals surface area contributed by atoms with Gasteiger partial charge in [0.05, 0.1) is 25.9 Å². The van der Waals surface area contributed by atoms with Crippen LogP contribution in [0.25, 0.3) is 0 Å². The fourth-order valence-electron chi connectivity index (χ4n) is 1.09. The molecule has 1 saturated heterocycles. The molecule has 0 aromatic rings. The van der Waals surface area contributed by atoms with Gasteiger partial charge >= 0.3 is 0 Å². The van der Waals surface area contributed by atoms with Crippen molar-refractivity contribution in [2.75, 3.05) is 19.8 Å². The number of allylic oxidation sites excluding steroid dienone is 3. The predicted octanol–water partition coefficient (Wildman–Crippen LogP) is 1.92. The Hall–Kier alpha value is -0.600. The molecule has 2 heteroatoms. The number of rotatable bonds is 3. The molecule has 0 bridgehead atoms. The molecule has 0 aromatic carbocycles. The average Bonchev–Trinajstić information content (AvgIpc) is 2.14. The van der Waals surface area contributed by atoms with Gasteiger partial charge < -0.3 is 9.47 Å². The molecule has 1 rings (SSSR count). The molecule has 0 spiro atoms. The van der Waals surface area contributed by atoms with E-state index in [1.165, 1.54) is 0 Å². The minimum absolute atomic E-state index is 0.264. The Morgan fingerprint density at radius 2 is 2.25 bits per heavy atom. The topological polar surface area (TPSA) is 18.5 Å². The summed E-state index contributed by atoms with van der Waals surface area (Å²) < 4.78 is 10.7. The van der Waals surface area contributed by atoms with Gasteiger partial charge in [-0.1, -0.05) is 24.3 Å². The summed E-state index contributed by atoms with van der Waals surface area (Å²) in [6.45, 7) is 4.22. The molecule has 1 atom stereocenters. The Labute approximate surface area is 73.9 Å². The largest absolute Gasteiger partial charge is 0.376 e. The molecular weight excluding hydrogens is 152 g/mol. The lowest BCUT2D eigenvalue weighted by Gasteiger charge is -2.21. The Morgan fingerprint density at radius 3 is 2.92 bits per heavy atom. The van der Waals surface area contributed by atoms with Gasteiger partial charge in [-0.05, 0) is 13.3 Å². The van der Waals surface area contributed by atoms with Crippen molar-refractivity contribution in [3.63, 3.8) is 0 Å². The third-order valence-electron chi connectivity index (χ3n) is 1.72. The zero-order chi connectivity index (χ0) is 8.65. The van der Waals surface area contributed by atoms with Crippen molar-refractivity contribution in [2.45, 2.75) is 19.4 Å². The molecule has 0 aromatic heterocycles. The van der Waals surface area contributed by atoms with Crippen LogP contribution in [0.3, 0.4) is 0 Å². The quantitative estimate of drug-likeness (QED) is 0.599. The third-order valence-corrected chi connectivity index (χ3v) is 1.72. The van der Waals surface area contributed by atoms with Crippen molar-refractivity contribution in [1.29, 1.82) is 0 Å². The van der Waals surface area contributed by atoms with Gasteiger partial charge in [0, 0.05) is 0 Å². The summed E-state index contributed by atoms with van der Waals surface area (Å²) in [5.41, 5.74) is 0. The molecule has 12 heavy (non-hydrogen) atoms. The Kier molecular flexibility index (Phi) is 4.73. The van der Waals surface area contributed by atoms with Gasteiger partial charge in [0.15, 0.2) is 0 Å². The molecule has 68 valence electrons. The summed E-state index contributed by atoms with van der Waals surface area (Å²) in [5, 5.41) is 0. The normalized spacial score (nSPS) is 25.6. The van der Waals surface area contributed by atoms with E-state index >= 15 is 0 Å². The highest BCUT2D eigenvalue weighted by Crippen LogP contribution is 2.05. The molecule has 0 saturated carbocycles. The molecular formula is C10H16O2. The van der Waals surface area contributed by atoms with Crippen LogP contribution in [0.2, 0.25) is 0 Å². The minimum Gasteiger partial charge on any atom is -0.376 e. The van der Waals surface area contributed by atoms with E-state index in [0.717, 1.165) is 26.2 Å². The first-order chi connectivity index (χ1) is 5.93. The van der Waals surface area contributed by atoms with Gasteiger partial charge in [-0.25, -0.2) is 0 Å². The van der Waals surface area contributed by atoms with Crippen molar-refractivity contribution >= 4 is 0 Å². The van der Waals surface area contributed by atoms with Crippen molar-refractivity contribution < 1.29 is 9.47 Å². The smallest absolute Gasteiger partial charge is 0.0844 e. The number of hydrogen-bond acceptors (Lipinski definition) is 2. The fourth-order valence-corrected chi connectivity index (χ4v) is 1.09. The maximum absolute atomic E-state index is 5.46. The highest BCUT2D eigenvalue weighted by molar-refractivity contribution is 5.01. The molecule has 1 aliphatic heterocycles. The van der Waals surface area contributed by atoms with Gasteiger partial charge in [-0.15, -0.1) is 0 Å². The Balaban J connectivity index is 2.12. The van der Waals surface area contributed by atoms with Crippen molar-refractivity contribution in [3.8, 4) is 0 Å². The van der Waals surface area contributed by atoms with Crippen LogP contribution in [-0.2, 0) is 9.47 Å². The standard InChI is InChI=1S/C10H16O2/c1-2-3-4-5-6-10-9-11-7-8-12-10/h2-5,10H,6-9H2,1H3. The highest BCUT2D eigenvalue weighted by atomic mass is 16.6. The zero-order valence-corrected chi connectivity index (χ0v) is 7.53. The number of hydrogen-bond donors (Lipinski definition) is 0. The van der Waals surface area contributed by atoms with E-state index in [1.54, 1.807) is 0 Å². The Morgan fingerprint density at radius 1 is 1.33 bits per heavy atom. The van der Waals surface area contributed by atoms with E-state index in [1.807, 2.05) is 25.2 Å². The van der Waals surface area contributed by atoms with Crippen LogP contribution >= 0.6 is 0 Å². The van der Waals surface area contributed by atoms with E-state index in [-0.39, 0.29) is 6.10 Å². The van der Waals surface area contributed by atoms with Gasteiger partial charge in [-0.3, -0.25) is 0 Å². The van der Waals surface area contributed by atoms with Crippen LogP contribution in [0, 0.1) is 0 Å². The molecule has 0 radical (unpaired) electrons. The molecule has 2 nitrogen and oxygen atoms in total. The van der Waals surface area contributed by atoms with Crippen LogP contribution < -0.4 is 0 Å². The van der Waals surface area contributed by atoms with Crippen LogP contribution in [0.4, 0.5) is 0 Å². The monoisotopic (exact) mass is 168 g/mol. The lowest BCUT2D eigenvalue weighted by molar-refractivity contribution is -0.0862. The SMILES string of the molecule is CC=CC=CCC1COCCO1. The molecule has 1 unspecified atom stereocenters. The average molecular weight is 168 g/mol. The summed E-state index contributed by atoms with van der Waals surface area (Å²) in [4.78, 5) is 0. The van der Waals surface area contributed by atoms with Crippen molar-refractivity contribution in [2.24, 2.45) is 0 Å². The molecule has 1 aliphatic rings. The second kappa shape index (κ2) is 5.98. The van der Waals surface area contributed by atoms with Crippen molar-refractivity contribution in [1.82, 2.24) is 0 Å². The molecule has 0 aliphatic carbocycles. The lowest BCUT2D eigenvalue weighted by Crippen LogP contribution is -2.27. The second-order valence-electron chi connectivity index (χ2n) is 2.76. The van der Waals surface area contributed by atoms with E-state index in [9.17, 15) is 0 Å². The van der Waals surface area contributed by atoms with Crippen molar-refractivity contribution in [3.05, 3.63) is 24.3 Å². The first-order valence-corrected chi connectivity index (χ1v) is 4.40. The van der Waals surface area contributed by atoms with Crippen LogP contribution in [0.5, 0.6) is 0 Å². The van der Waals surface area contributed by atoms with Gasteiger partial charge in [0.1, 0.15) is 0 Å². The summed E-state index contributed by atoms with van der Waals surface area (Å²) >= 11 is 0. The fraction of sp³-hybridized carbons (Fsp3) is 0.600. The zero-order valence-electron chi connectivity index (χ0n) is 7.53. The van der Waals surface area contributed by atoms with Gasteiger partial charge in [0.25, 0.3) is 0 Å². The van der Waals surface area contributed by atoms with E-state index < -0.39 is 0 Å². The van der Waals surface area contributed by atoms with E-state index in [0.29, 0.717) is 0 Å². The third kappa shape index (κ3) is 3.69. The molecule has 0 amide bonds.